The van der Waals surface area contributed by atoms with Crippen molar-refractivity contribution in [2.75, 3.05) is 9.80 Å². The summed E-state index contributed by atoms with van der Waals surface area (Å²) in [4.78, 5) is 4.52. The predicted molar refractivity (Wildman–Crippen MR) is 289 cm³/mol. The van der Waals surface area contributed by atoms with Gasteiger partial charge in [0, 0.05) is 38.5 Å². The molecule has 0 saturated heterocycles. The van der Waals surface area contributed by atoms with E-state index in [9.17, 15) is 0 Å². The van der Waals surface area contributed by atoms with Gasteiger partial charge in [-0.2, -0.15) is 0 Å². The summed E-state index contributed by atoms with van der Waals surface area (Å²) in [5.41, 5.74) is 10.6. The average molecular weight is 893 g/mol. The molecule has 12 aromatic carbocycles. The number of hydrogen-bond donors (Lipinski definition) is 0. The van der Waals surface area contributed by atoms with Crippen molar-refractivity contribution < 1.29 is 8.81 Å². The average Bonchev–Trinajstić information content (AvgIpc) is 3.78. The van der Waals surface area contributed by atoms with Gasteiger partial charge in [0.2, 0.25) is 0 Å². The van der Waals surface area contributed by atoms with Gasteiger partial charge in [0.1, 0.15) is 11.4 Å². The van der Waals surface area contributed by atoms with E-state index in [4.69, 9.17) is 4.42 Å². The van der Waals surface area contributed by atoms with Crippen LogP contribution in [0.1, 0.15) is 0 Å². The van der Waals surface area contributed by atoms with Crippen LogP contribution >= 0.6 is 0 Å². The van der Waals surface area contributed by atoms with Crippen LogP contribution in [-0.2, 0) is 0 Å². The lowest BCUT2D eigenvalue weighted by atomic mass is 9.91. The molecule has 0 spiro atoms. The monoisotopic (exact) mass is 892 g/mol. The Kier molecular flexibility index (Phi) is 9.08. The molecule has 0 amide bonds. The van der Waals surface area contributed by atoms with Crippen LogP contribution in [0.4, 0.5) is 38.5 Å². The first-order chi connectivity index (χ1) is 33.3. The van der Waals surface area contributed by atoms with E-state index in [1.165, 1.54) is 10.6 Å². The maximum Gasteiger partial charge on any atom is 0.160 e. The van der Waals surface area contributed by atoms with Crippen LogP contribution in [0.3, 0.4) is 0 Å². The van der Waals surface area contributed by atoms with Crippen LogP contribution in [0.2, 0.25) is 19.6 Å². The van der Waals surface area contributed by atoms with Crippen LogP contribution in [0.5, 0.6) is 0 Å². The first-order valence-electron chi connectivity index (χ1n) is 23.4. The fourth-order valence-electron chi connectivity index (χ4n) is 10.7. The van der Waals surface area contributed by atoms with Crippen LogP contribution in [0.15, 0.2) is 223 Å². The highest BCUT2D eigenvalue weighted by atomic mass is 28.3. The maximum absolute atomic E-state index is 17.6. The van der Waals surface area contributed by atoms with Crippen LogP contribution in [0, 0.1) is 5.82 Å². The second-order valence-electron chi connectivity index (χ2n) is 19.0. The molecule has 0 saturated carbocycles. The Morgan fingerprint density at radius 2 is 0.912 bits per heavy atom. The number of hydrogen-bond acceptors (Lipinski definition) is 3. The van der Waals surface area contributed by atoms with E-state index in [1.807, 2.05) is 66.7 Å². The zero-order chi connectivity index (χ0) is 45.7. The van der Waals surface area contributed by atoms with E-state index < -0.39 is 8.07 Å². The van der Waals surface area contributed by atoms with Crippen molar-refractivity contribution in [2.45, 2.75) is 19.6 Å². The molecule has 0 unspecified atom stereocenters. The Hall–Kier alpha value is -8.25. The third kappa shape index (κ3) is 6.30. The summed E-state index contributed by atoms with van der Waals surface area (Å²) < 4.78 is 24.5. The largest absolute Gasteiger partial charge is 0.454 e. The third-order valence-electron chi connectivity index (χ3n) is 14.0. The second-order valence-corrected chi connectivity index (χ2v) is 24.1. The number of benzene rings is 12. The maximum atomic E-state index is 17.6. The minimum atomic E-state index is -1.59. The molecule has 0 N–H and O–H groups in total. The van der Waals surface area contributed by atoms with Gasteiger partial charge >= 0.3 is 0 Å². The molecule has 1 aromatic heterocycles. The van der Waals surface area contributed by atoms with Crippen molar-refractivity contribution in [3.8, 4) is 22.3 Å². The van der Waals surface area contributed by atoms with Crippen LogP contribution in [0.25, 0.3) is 87.3 Å². The quantitative estimate of drug-likeness (QED) is 0.106. The molecule has 1 heterocycles. The molecule has 13 aromatic rings. The molecule has 0 aliphatic carbocycles. The SMILES string of the molecule is C[Si](C)(C)c1ccc(N(c2ccc3ccc4c(N(c5ccccc5)c5c(F)cc(-c6ccccc6)cc5-c5ccccc5)ccc5ccc2c3c54)c2ccc3ccc4cccc5oc2c3c45)cc1. The molecule has 324 valence electrons. The van der Waals surface area contributed by atoms with Gasteiger partial charge in [-0.15, -0.1) is 0 Å². The Bertz CT molecular complexity index is 4010. The normalized spacial score (nSPS) is 12.1. The Morgan fingerprint density at radius 3 is 1.54 bits per heavy atom. The van der Waals surface area contributed by atoms with E-state index in [2.05, 4.69) is 175 Å². The molecule has 0 aliphatic rings. The lowest BCUT2D eigenvalue weighted by Gasteiger charge is -2.31. The minimum Gasteiger partial charge on any atom is -0.454 e. The Morgan fingerprint density at radius 1 is 0.397 bits per heavy atom. The third-order valence-corrected chi connectivity index (χ3v) is 16.0. The molecule has 0 fully saturated rings. The Labute approximate surface area is 395 Å². The zero-order valence-electron chi connectivity index (χ0n) is 38.0. The summed E-state index contributed by atoms with van der Waals surface area (Å²) in [5.74, 6) is -0.303. The van der Waals surface area contributed by atoms with Crippen LogP contribution < -0.4 is 15.0 Å². The molecule has 0 atom stereocenters. The highest BCUT2D eigenvalue weighted by Crippen LogP contribution is 2.51. The molecular formula is C63H45FN2OSi. The fraction of sp³-hybridized carbons (Fsp3) is 0.0476. The molecule has 13 rings (SSSR count). The second kappa shape index (κ2) is 15.4. The number of para-hydroxylation sites is 1. The zero-order valence-corrected chi connectivity index (χ0v) is 39.0. The topological polar surface area (TPSA) is 19.6 Å². The predicted octanol–water partition coefficient (Wildman–Crippen LogP) is 18.0. The molecular weight excluding hydrogens is 848 g/mol. The van der Waals surface area contributed by atoms with Gasteiger partial charge in [0.25, 0.3) is 0 Å². The number of halogens is 1. The minimum absolute atomic E-state index is 0.303. The van der Waals surface area contributed by atoms with Crippen molar-refractivity contribution in [3.63, 3.8) is 0 Å². The number of nitrogens with zero attached hydrogens (tertiary/aromatic N) is 2. The molecule has 0 radical (unpaired) electrons. The summed E-state index contributed by atoms with van der Waals surface area (Å²) >= 11 is 0. The smallest absolute Gasteiger partial charge is 0.160 e. The summed E-state index contributed by atoms with van der Waals surface area (Å²) in [7, 11) is -1.59. The van der Waals surface area contributed by atoms with E-state index in [0.717, 1.165) is 110 Å². The van der Waals surface area contributed by atoms with Crippen molar-refractivity contribution in [3.05, 3.63) is 224 Å². The first kappa shape index (κ1) is 40.1. The summed E-state index contributed by atoms with van der Waals surface area (Å²) in [6.45, 7) is 7.18. The van der Waals surface area contributed by atoms with Gasteiger partial charge in [-0.05, 0) is 110 Å². The molecule has 0 bridgehead atoms. The molecule has 5 heteroatoms. The van der Waals surface area contributed by atoms with Gasteiger partial charge < -0.3 is 14.2 Å². The summed E-state index contributed by atoms with van der Waals surface area (Å²) in [6.07, 6.45) is 0. The lowest BCUT2D eigenvalue weighted by molar-refractivity contribution is 0.630. The van der Waals surface area contributed by atoms with Gasteiger partial charge in [0.05, 0.1) is 30.8 Å². The van der Waals surface area contributed by atoms with Crippen molar-refractivity contribution in [1.29, 1.82) is 0 Å². The number of furan rings is 1. The highest BCUT2D eigenvalue weighted by Gasteiger charge is 2.28. The summed E-state index contributed by atoms with van der Waals surface area (Å²) in [5, 5.41) is 12.7. The highest BCUT2D eigenvalue weighted by molar-refractivity contribution is 6.88. The molecule has 3 nitrogen and oxygen atoms in total. The van der Waals surface area contributed by atoms with Gasteiger partial charge in [0.15, 0.2) is 5.58 Å². The fourth-order valence-corrected chi connectivity index (χ4v) is 11.9. The van der Waals surface area contributed by atoms with Gasteiger partial charge in [-0.3, -0.25) is 0 Å². The van der Waals surface area contributed by atoms with Crippen molar-refractivity contribution in [1.82, 2.24) is 0 Å². The number of anilines is 6. The first-order valence-corrected chi connectivity index (χ1v) is 26.9. The van der Waals surface area contributed by atoms with E-state index in [0.29, 0.717) is 5.69 Å². The van der Waals surface area contributed by atoms with Crippen molar-refractivity contribution in [2.24, 2.45) is 0 Å². The summed E-state index contributed by atoms with van der Waals surface area (Å²) in [6, 6.07) is 76.5. The Balaban J connectivity index is 1.07. The standard InChI is InChI=1S/C63H45FN2OSi/c1-68(2,3)49-31-29-48(30-32-49)65(56-37-28-45-23-22-42-18-13-21-57-60(42)61(45)63(56)67-57)54-35-26-43-25-34-51-55(36-27-44-24-33-50(54)58(43)59(44)51)66(47-19-11-6-12-20-47)62-52(41-16-9-5-10-17-41)38-46(39-53(62)64)40-14-7-4-8-15-40/h4-39H,1-3H3. The number of rotatable bonds is 9. The lowest BCUT2D eigenvalue weighted by Crippen LogP contribution is -2.37. The molecule has 68 heavy (non-hydrogen) atoms. The molecule has 0 aliphatic heterocycles. The van der Waals surface area contributed by atoms with E-state index in [-0.39, 0.29) is 5.82 Å². The van der Waals surface area contributed by atoms with Gasteiger partial charge in [-0.1, -0.05) is 183 Å². The van der Waals surface area contributed by atoms with Crippen molar-refractivity contribution >= 4 is 112 Å². The van der Waals surface area contributed by atoms with Gasteiger partial charge in [-0.25, -0.2) is 4.39 Å². The van der Waals surface area contributed by atoms with E-state index in [1.54, 1.807) is 6.07 Å². The van der Waals surface area contributed by atoms with Crippen LogP contribution in [-0.4, -0.2) is 8.07 Å². The van der Waals surface area contributed by atoms with E-state index >= 15 is 4.39 Å².